The van der Waals surface area contributed by atoms with Gasteiger partial charge in [0.05, 0.1) is 9.95 Å². The van der Waals surface area contributed by atoms with Gasteiger partial charge in [0.25, 0.3) is 5.69 Å². The summed E-state index contributed by atoms with van der Waals surface area (Å²) in [7, 11) is 2.06. The lowest BCUT2D eigenvalue weighted by molar-refractivity contribution is -0.384. The highest BCUT2D eigenvalue weighted by Crippen LogP contribution is 2.30. The lowest BCUT2D eigenvalue weighted by Crippen LogP contribution is -2.23. The molecule has 0 unspecified atom stereocenters. The van der Waals surface area contributed by atoms with Gasteiger partial charge in [0.15, 0.2) is 0 Å². The van der Waals surface area contributed by atoms with E-state index in [-0.39, 0.29) is 5.69 Å². The molecule has 104 valence electrons. The molecule has 0 atom stereocenters. The second-order valence-electron chi connectivity index (χ2n) is 4.16. The molecule has 0 spiro atoms. The Balaban J connectivity index is 0.000000861. The van der Waals surface area contributed by atoms with Crippen LogP contribution in [0.4, 0.5) is 5.69 Å². The minimum Gasteiger partial charge on any atom is -0.302 e. The lowest BCUT2D eigenvalue weighted by Gasteiger charge is -2.22. The molecule has 0 aliphatic carbocycles. The van der Waals surface area contributed by atoms with Crippen molar-refractivity contribution in [1.82, 2.24) is 4.90 Å². The van der Waals surface area contributed by atoms with Crippen LogP contribution in [0.1, 0.15) is 25.8 Å². The Morgan fingerprint density at radius 1 is 1.37 bits per heavy atom. The number of benzene rings is 1. The molecule has 1 aromatic carbocycles. The van der Waals surface area contributed by atoms with Gasteiger partial charge in [-0.15, -0.1) is 0 Å². The summed E-state index contributed by atoms with van der Waals surface area (Å²) in [5.74, 6) is 0. The van der Waals surface area contributed by atoms with Crippen molar-refractivity contribution in [3.05, 3.63) is 45.0 Å². The fourth-order valence-electron chi connectivity index (χ4n) is 1.89. The summed E-state index contributed by atoms with van der Waals surface area (Å²) in [5.41, 5.74) is 2.11. The van der Waals surface area contributed by atoms with Gasteiger partial charge in [-0.2, -0.15) is 0 Å². The third kappa shape index (κ3) is 4.04. The monoisotopic (exact) mass is 282 g/mol. The van der Waals surface area contributed by atoms with Crippen molar-refractivity contribution in [2.45, 2.75) is 20.3 Å². The number of nitro benzene ring substituents is 1. The van der Waals surface area contributed by atoms with Crippen LogP contribution in [0.2, 0.25) is 5.02 Å². The topological polar surface area (TPSA) is 46.4 Å². The smallest absolute Gasteiger partial charge is 0.270 e. The van der Waals surface area contributed by atoms with Gasteiger partial charge in [-0.3, -0.25) is 10.1 Å². The van der Waals surface area contributed by atoms with Crippen LogP contribution in [0.15, 0.2) is 24.3 Å². The number of hydrogen-bond donors (Lipinski definition) is 0. The third-order valence-electron chi connectivity index (χ3n) is 2.92. The average molecular weight is 283 g/mol. The van der Waals surface area contributed by atoms with E-state index in [9.17, 15) is 10.1 Å². The molecule has 4 nitrogen and oxygen atoms in total. The maximum atomic E-state index is 10.6. The van der Waals surface area contributed by atoms with Crippen molar-refractivity contribution >= 4 is 22.9 Å². The summed E-state index contributed by atoms with van der Waals surface area (Å²) < 4.78 is 0. The molecule has 0 bridgehead atoms. The van der Waals surface area contributed by atoms with Gasteiger partial charge in [-0.05, 0) is 30.7 Å². The molecule has 0 fully saturated rings. The lowest BCUT2D eigenvalue weighted by atomic mass is 9.99. The Kier molecular flexibility index (Phi) is 5.99. The molecule has 0 N–H and O–H groups in total. The van der Waals surface area contributed by atoms with E-state index < -0.39 is 4.92 Å². The molecule has 19 heavy (non-hydrogen) atoms. The number of likely N-dealkylation sites (N-methyl/N-ethyl adjacent to an activating group) is 1. The number of nitrogens with zero attached hydrogens (tertiary/aromatic N) is 2. The zero-order valence-corrected chi connectivity index (χ0v) is 12.3. The molecule has 5 heteroatoms. The summed E-state index contributed by atoms with van der Waals surface area (Å²) in [5, 5.41) is 11.1. The summed E-state index contributed by atoms with van der Waals surface area (Å²) in [6.45, 7) is 5.88. The fourth-order valence-corrected chi connectivity index (χ4v) is 2.19. The van der Waals surface area contributed by atoms with Gasteiger partial charge in [-0.1, -0.05) is 31.5 Å². The highest BCUT2D eigenvalue weighted by molar-refractivity contribution is 6.32. The van der Waals surface area contributed by atoms with Gasteiger partial charge < -0.3 is 4.90 Å². The summed E-state index contributed by atoms with van der Waals surface area (Å²) in [4.78, 5) is 12.4. The molecule has 0 radical (unpaired) electrons. The predicted octanol–water partition coefficient (Wildman–Crippen LogP) is 3.99. The standard InChI is InChI=1S/C12H13ClN2O2.C2H6/c1-14-6-4-9(5-7-14)11-3-2-10(15(16)17)8-12(11)13;1-2/h2-4,8H,5-7H2,1H3;1-2H3. The number of nitro groups is 1. The molecule has 1 aliphatic rings. The Hall–Kier alpha value is -1.39. The van der Waals surface area contributed by atoms with Gasteiger partial charge in [0.2, 0.25) is 0 Å². The maximum absolute atomic E-state index is 10.6. The first kappa shape index (κ1) is 15.7. The van der Waals surface area contributed by atoms with Crippen LogP contribution in [0.25, 0.3) is 5.57 Å². The number of rotatable bonds is 2. The molecular formula is C14H19ClN2O2. The van der Waals surface area contributed by atoms with E-state index in [0.717, 1.165) is 25.1 Å². The van der Waals surface area contributed by atoms with Crippen molar-refractivity contribution in [3.8, 4) is 0 Å². The van der Waals surface area contributed by atoms with Gasteiger partial charge in [-0.25, -0.2) is 0 Å². The zero-order chi connectivity index (χ0) is 14.4. The predicted molar refractivity (Wildman–Crippen MR) is 79.5 cm³/mol. The van der Waals surface area contributed by atoms with Crippen LogP contribution in [-0.2, 0) is 0 Å². The van der Waals surface area contributed by atoms with Crippen molar-refractivity contribution < 1.29 is 4.92 Å². The summed E-state index contributed by atoms with van der Waals surface area (Å²) in [6, 6.07) is 4.65. The number of halogens is 1. The fraction of sp³-hybridized carbons (Fsp3) is 0.429. The van der Waals surface area contributed by atoms with Crippen molar-refractivity contribution in [1.29, 1.82) is 0 Å². The molecule has 2 rings (SSSR count). The molecule has 0 aromatic heterocycles. The normalized spacial score (nSPS) is 15.3. The van der Waals surface area contributed by atoms with E-state index in [1.807, 2.05) is 13.8 Å². The highest BCUT2D eigenvalue weighted by atomic mass is 35.5. The van der Waals surface area contributed by atoms with Crippen LogP contribution in [0, 0.1) is 10.1 Å². The SMILES string of the molecule is CC.CN1CC=C(c2ccc([N+](=O)[O-])cc2Cl)CC1. The van der Waals surface area contributed by atoms with Crippen LogP contribution >= 0.6 is 11.6 Å². The number of hydrogen-bond acceptors (Lipinski definition) is 3. The molecule has 1 heterocycles. The summed E-state index contributed by atoms with van der Waals surface area (Å²) >= 11 is 6.08. The molecule has 0 saturated heterocycles. The minimum absolute atomic E-state index is 0.0345. The first-order chi connectivity index (χ1) is 9.08. The van der Waals surface area contributed by atoms with Crippen molar-refractivity contribution in [3.63, 3.8) is 0 Å². The largest absolute Gasteiger partial charge is 0.302 e. The van der Waals surface area contributed by atoms with E-state index in [0.29, 0.717) is 5.02 Å². The van der Waals surface area contributed by atoms with E-state index in [2.05, 4.69) is 18.0 Å². The Morgan fingerprint density at radius 3 is 2.53 bits per heavy atom. The first-order valence-electron chi connectivity index (χ1n) is 6.40. The van der Waals surface area contributed by atoms with Crippen molar-refractivity contribution in [2.24, 2.45) is 0 Å². The summed E-state index contributed by atoms with van der Waals surface area (Å²) in [6.07, 6.45) is 3.05. The first-order valence-corrected chi connectivity index (χ1v) is 6.77. The molecule has 1 aliphatic heterocycles. The van der Waals surface area contributed by atoms with E-state index in [1.54, 1.807) is 6.07 Å². The Morgan fingerprint density at radius 2 is 2.05 bits per heavy atom. The quantitative estimate of drug-likeness (QED) is 0.608. The second kappa shape index (κ2) is 7.26. The van der Waals surface area contributed by atoms with E-state index in [4.69, 9.17) is 11.6 Å². The van der Waals surface area contributed by atoms with E-state index in [1.165, 1.54) is 17.7 Å². The minimum atomic E-state index is -0.432. The van der Waals surface area contributed by atoms with Gasteiger partial charge >= 0.3 is 0 Å². The van der Waals surface area contributed by atoms with Gasteiger partial charge in [0, 0.05) is 25.2 Å². The van der Waals surface area contributed by atoms with Crippen LogP contribution in [0.3, 0.4) is 0 Å². The third-order valence-corrected chi connectivity index (χ3v) is 3.23. The Labute approximate surface area is 118 Å². The van der Waals surface area contributed by atoms with Crippen LogP contribution < -0.4 is 0 Å². The van der Waals surface area contributed by atoms with Crippen LogP contribution in [-0.4, -0.2) is 30.0 Å². The Bertz CT molecular complexity index is 486. The molecule has 0 amide bonds. The molecule has 1 aromatic rings. The maximum Gasteiger partial charge on any atom is 0.270 e. The second-order valence-corrected chi connectivity index (χ2v) is 4.57. The highest BCUT2D eigenvalue weighted by Gasteiger charge is 2.15. The molecule has 0 saturated carbocycles. The van der Waals surface area contributed by atoms with E-state index >= 15 is 0 Å². The van der Waals surface area contributed by atoms with Crippen molar-refractivity contribution in [2.75, 3.05) is 20.1 Å². The van der Waals surface area contributed by atoms with Gasteiger partial charge in [0.1, 0.15) is 0 Å². The van der Waals surface area contributed by atoms with Crippen LogP contribution in [0.5, 0.6) is 0 Å². The number of non-ortho nitro benzene ring substituents is 1. The zero-order valence-electron chi connectivity index (χ0n) is 11.5. The average Bonchev–Trinajstić information content (AvgIpc) is 2.42. The molecular weight excluding hydrogens is 264 g/mol.